The van der Waals surface area contributed by atoms with Crippen molar-refractivity contribution < 1.29 is 9.90 Å². The van der Waals surface area contributed by atoms with E-state index in [2.05, 4.69) is 10.4 Å². The third-order valence-corrected chi connectivity index (χ3v) is 3.38. The average molecular weight is 237 g/mol. The van der Waals surface area contributed by atoms with Gasteiger partial charge in [-0.3, -0.25) is 9.48 Å². The lowest BCUT2D eigenvalue weighted by Gasteiger charge is -2.16. The maximum absolute atomic E-state index is 11.8. The predicted octanol–water partition coefficient (Wildman–Crippen LogP) is 0.641. The quantitative estimate of drug-likeness (QED) is 0.789. The second kappa shape index (κ2) is 4.49. The second-order valence-electron chi connectivity index (χ2n) is 5.00. The van der Waals surface area contributed by atoms with Crippen LogP contribution < -0.4 is 5.32 Å². The fourth-order valence-corrected chi connectivity index (χ4v) is 1.80. The Kier molecular flexibility index (Phi) is 3.19. The normalized spacial score (nSPS) is 18.8. The molecule has 0 aromatic carbocycles. The van der Waals surface area contributed by atoms with E-state index >= 15 is 0 Å². The van der Waals surface area contributed by atoms with Crippen molar-refractivity contribution in [3.05, 3.63) is 18.0 Å². The molecule has 1 aromatic heterocycles. The number of aromatic nitrogens is 2. The fraction of sp³-hybridized carbons (Fsp3) is 0.667. The number of nitrogens with one attached hydrogen (secondary N) is 1. The minimum absolute atomic E-state index is 0.0317. The van der Waals surface area contributed by atoms with Crippen LogP contribution in [-0.4, -0.2) is 33.9 Å². The average Bonchev–Trinajstić information content (AvgIpc) is 3.02. The second-order valence-corrected chi connectivity index (χ2v) is 5.00. The summed E-state index contributed by atoms with van der Waals surface area (Å²) in [7, 11) is 0. The van der Waals surface area contributed by atoms with E-state index in [0.29, 0.717) is 6.54 Å². The molecular formula is C12H19N3O2. The number of aryl methyl sites for hydroxylation is 1. The lowest BCUT2D eigenvalue weighted by atomic mass is 10.1. The standard InChI is InChI=1S/C12H19N3O2/c1-9-5-14-15(7-9)10(2)6-13-11(17)12(8-16)3-4-12/h5,7,10,16H,3-4,6,8H2,1-2H3,(H,13,17)/t10-/m0/s1. The Balaban J connectivity index is 1.84. The van der Waals surface area contributed by atoms with Gasteiger partial charge in [-0.25, -0.2) is 0 Å². The van der Waals surface area contributed by atoms with Gasteiger partial charge in [-0.2, -0.15) is 5.10 Å². The molecule has 2 N–H and O–H groups in total. The molecule has 1 fully saturated rings. The molecule has 17 heavy (non-hydrogen) atoms. The van der Waals surface area contributed by atoms with Crippen molar-refractivity contribution in [3.8, 4) is 0 Å². The van der Waals surface area contributed by atoms with Crippen molar-refractivity contribution in [2.24, 2.45) is 5.41 Å². The molecule has 5 heteroatoms. The van der Waals surface area contributed by atoms with E-state index < -0.39 is 5.41 Å². The summed E-state index contributed by atoms with van der Waals surface area (Å²) in [5, 5.41) is 16.2. The van der Waals surface area contributed by atoms with Gasteiger partial charge in [0, 0.05) is 12.7 Å². The van der Waals surface area contributed by atoms with E-state index in [1.54, 1.807) is 6.20 Å². The lowest BCUT2D eigenvalue weighted by molar-refractivity contribution is -0.127. The van der Waals surface area contributed by atoms with Gasteiger partial charge in [-0.1, -0.05) is 0 Å². The van der Waals surface area contributed by atoms with E-state index in [4.69, 9.17) is 5.11 Å². The number of rotatable bonds is 5. The molecule has 5 nitrogen and oxygen atoms in total. The van der Waals surface area contributed by atoms with Crippen LogP contribution in [0, 0.1) is 12.3 Å². The maximum Gasteiger partial charge on any atom is 0.228 e. The van der Waals surface area contributed by atoms with Crippen LogP contribution in [0.3, 0.4) is 0 Å². The third kappa shape index (κ3) is 2.49. The number of aliphatic hydroxyl groups is 1. The van der Waals surface area contributed by atoms with Gasteiger partial charge in [-0.05, 0) is 32.3 Å². The molecule has 1 aliphatic carbocycles. The van der Waals surface area contributed by atoms with Crippen molar-refractivity contribution >= 4 is 5.91 Å². The summed E-state index contributed by atoms with van der Waals surface area (Å²) in [6.07, 6.45) is 5.35. The van der Waals surface area contributed by atoms with E-state index in [-0.39, 0.29) is 18.6 Å². The molecule has 1 atom stereocenters. The zero-order valence-corrected chi connectivity index (χ0v) is 10.3. The van der Waals surface area contributed by atoms with Gasteiger partial charge in [0.2, 0.25) is 5.91 Å². The molecule has 0 unspecified atom stereocenters. The van der Waals surface area contributed by atoms with Crippen molar-refractivity contribution in [3.63, 3.8) is 0 Å². The Hall–Kier alpha value is -1.36. The first kappa shape index (κ1) is 12.1. The van der Waals surface area contributed by atoms with Crippen molar-refractivity contribution in [1.82, 2.24) is 15.1 Å². The molecule has 0 saturated heterocycles. The summed E-state index contributed by atoms with van der Waals surface area (Å²) in [5.74, 6) is -0.0317. The van der Waals surface area contributed by atoms with Crippen LogP contribution in [0.25, 0.3) is 0 Å². The zero-order chi connectivity index (χ0) is 12.5. The van der Waals surface area contributed by atoms with Crippen LogP contribution in [0.2, 0.25) is 0 Å². The van der Waals surface area contributed by atoms with Crippen LogP contribution in [0.15, 0.2) is 12.4 Å². The molecule has 1 amide bonds. The Morgan fingerprint density at radius 2 is 2.41 bits per heavy atom. The molecule has 1 aromatic rings. The minimum Gasteiger partial charge on any atom is -0.395 e. The summed E-state index contributed by atoms with van der Waals surface area (Å²) >= 11 is 0. The van der Waals surface area contributed by atoms with Gasteiger partial charge >= 0.3 is 0 Å². The van der Waals surface area contributed by atoms with Crippen LogP contribution in [-0.2, 0) is 4.79 Å². The number of hydrogen-bond acceptors (Lipinski definition) is 3. The van der Waals surface area contributed by atoms with Crippen LogP contribution >= 0.6 is 0 Å². The van der Waals surface area contributed by atoms with E-state index in [9.17, 15) is 4.79 Å². The molecule has 1 aliphatic rings. The predicted molar refractivity (Wildman–Crippen MR) is 63.4 cm³/mol. The molecule has 0 radical (unpaired) electrons. The highest BCUT2D eigenvalue weighted by Crippen LogP contribution is 2.45. The number of amides is 1. The monoisotopic (exact) mass is 237 g/mol. The third-order valence-electron chi connectivity index (χ3n) is 3.38. The zero-order valence-electron chi connectivity index (χ0n) is 10.3. The first-order valence-electron chi connectivity index (χ1n) is 5.97. The number of carbonyl (C=O) groups excluding carboxylic acids is 1. The molecule has 1 saturated carbocycles. The van der Waals surface area contributed by atoms with Gasteiger partial charge in [0.05, 0.1) is 24.3 Å². The van der Waals surface area contributed by atoms with Gasteiger partial charge in [0.25, 0.3) is 0 Å². The number of carbonyl (C=O) groups is 1. The van der Waals surface area contributed by atoms with Crippen LogP contribution in [0.1, 0.15) is 31.4 Å². The lowest BCUT2D eigenvalue weighted by Crippen LogP contribution is -2.37. The number of hydrogen-bond donors (Lipinski definition) is 2. The summed E-state index contributed by atoms with van der Waals surface area (Å²) in [5.41, 5.74) is 0.622. The Bertz CT molecular complexity index is 410. The SMILES string of the molecule is Cc1cnn([C@@H](C)CNC(=O)C2(CO)CC2)c1. The summed E-state index contributed by atoms with van der Waals surface area (Å²) in [4.78, 5) is 11.8. The van der Waals surface area contributed by atoms with E-state index in [1.165, 1.54) is 0 Å². The largest absolute Gasteiger partial charge is 0.395 e. The molecule has 2 rings (SSSR count). The molecule has 94 valence electrons. The molecular weight excluding hydrogens is 218 g/mol. The first-order chi connectivity index (χ1) is 8.07. The number of aliphatic hydroxyl groups excluding tert-OH is 1. The highest BCUT2D eigenvalue weighted by atomic mass is 16.3. The van der Waals surface area contributed by atoms with Gasteiger partial charge in [0.1, 0.15) is 0 Å². The van der Waals surface area contributed by atoms with Crippen LogP contribution in [0.5, 0.6) is 0 Å². The van der Waals surface area contributed by atoms with E-state index in [1.807, 2.05) is 24.7 Å². The Morgan fingerprint density at radius 1 is 1.71 bits per heavy atom. The Labute approximate surface area is 101 Å². The van der Waals surface area contributed by atoms with Gasteiger partial charge in [-0.15, -0.1) is 0 Å². The highest BCUT2D eigenvalue weighted by Gasteiger charge is 2.49. The summed E-state index contributed by atoms with van der Waals surface area (Å²) in [6.45, 7) is 4.49. The molecule has 0 bridgehead atoms. The van der Waals surface area contributed by atoms with E-state index in [0.717, 1.165) is 18.4 Å². The summed E-state index contributed by atoms with van der Waals surface area (Å²) < 4.78 is 1.84. The molecule has 0 spiro atoms. The minimum atomic E-state index is -0.486. The van der Waals surface area contributed by atoms with Crippen molar-refractivity contribution in [2.75, 3.05) is 13.2 Å². The van der Waals surface area contributed by atoms with Gasteiger partial charge in [0.15, 0.2) is 0 Å². The number of nitrogens with zero attached hydrogens (tertiary/aromatic N) is 2. The summed E-state index contributed by atoms with van der Waals surface area (Å²) in [6, 6.07) is 0.127. The molecule has 1 heterocycles. The fourth-order valence-electron chi connectivity index (χ4n) is 1.80. The van der Waals surface area contributed by atoms with Crippen molar-refractivity contribution in [1.29, 1.82) is 0 Å². The Morgan fingerprint density at radius 3 is 2.88 bits per heavy atom. The van der Waals surface area contributed by atoms with Crippen LogP contribution in [0.4, 0.5) is 0 Å². The maximum atomic E-state index is 11.8. The smallest absolute Gasteiger partial charge is 0.228 e. The van der Waals surface area contributed by atoms with Crippen molar-refractivity contribution in [2.45, 2.75) is 32.7 Å². The van der Waals surface area contributed by atoms with Gasteiger partial charge < -0.3 is 10.4 Å². The topological polar surface area (TPSA) is 67.2 Å². The molecule has 0 aliphatic heterocycles. The highest BCUT2D eigenvalue weighted by molar-refractivity contribution is 5.85. The first-order valence-corrected chi connectivity index (χ1v) is 5.97.